The molecule has 0 saturated heterocycles. The number of benzene rings is 1. The first-order valence-corrected chi connectivity index (χ1v) is 5.05. The van der Waals surface area contributed by atoms with Crippen molar-refractivity contribution < 1.29 is 29.4 Å². The number of aliphatic carboxylic acids is 2. The van der Waals surface area contributed by atoms with E-state index < -0.39 is 23.8 Å². The number of carboxylic acids is 2. The molecule has 8 nitrogen and oxygen atoms in total. The highest BCUT2D eigenvalue weighted by Gasteiger charge is 2.15. The van der Waals surface area contributed by atoms with Crippen molar-refractivity contribution in [3.8, 4) is 0 Å². The Kier molecular flexibility index (Phi) is 4.58. The van der Waals surface area contributed by atoms with Gasteiger partial charge in [-0.25, -0.2) is 9.59 Å². The van der Waals surface area contributed by atoms with Crippen LogP contribution in [0.25, 0.3) is 0 Å². The maximum atomic E-state index is 11.0. The van der Waals surface area contributed by atoms with Crippen molar-refractivity contribution in [1.29, 1.82) is 0 Å². The number of carbonyl (C=O) groups is 4. The summed E-state index contributed by atoms with van der Waals surface area (Å²) in [6.45, 7) is -0.152. The minimum absolute atomic E-state index is 0.152. The van der Waals surface area contributed by atoms with Crippen molar-refractivity contribution in [3.63, 3.8) is 0 Å². The van der Waals surface area contributed by atoms with E-state index in [2.05, 4.69) is 10.6 Å². The van der Waals surface area contributed by atoms with Gasteiger partial charge in [-0.05, 0) is 11.6 Å². The van der Waals surface area contributed by atoms with Crippen molar-refractivity contribution in [3.05, 3.63) is 29.8 Å². The summed E-state index contributed by atoms with van der Waals surface area (Å²) < 4.78 is 0. The fourth-order valence-corrected chi connectivity index (χ4v) is 1.22. The molecule has 1 rings (SSSR count). The lowest BCUT2D eigenvalue weighted by molar-refractivity contribution is -0.150. The summed E-state index contributed by atoms with van der Waals surface area (Å²) in [5.41, 5.74) is 0.562. The van der Waals surface area contributed by atoms with Gasteiger partial charge in [-0.1, -0.05) is 18.2 Å². The Labute approximate surface area is 107 Å². The van der Waals surface area contributed by atoms with Crippen LogP contribution in [0.15, 0.2) is 24.3 Å². The highest BCUT2D eigenvalue weighted by Crippen LogP contribution is 2.14. The third-order valence-corrected chi connectivity index (χ3v) is 2.09. The van der Waals surface area contributed by atoms with Crippen molar-refractivity contribution in [1.82, 2.24) is 5.32 Å². The largest absolute Gasteiger partial charge is 0.474 e. The van der Waals surface area contributed by atoms with E-state index >= 15 is 0 Å². The van der Waals surface area contributed by atoms with Gasteiger partial charge in [0.25, 0.3) is 0 Å². The Morgan fingerprint density at radius 3 is 2.11 bits per heavy atom. The quantitative estimate of drug-likeness (QED) is 0.540. The van der Waals surface area contributed by atoms with Gasteiger partial charge in [0.1, 0.15) is 0 Å². The summed E-state index contributed by atoms with van der Waals surface area (Å²) in [6.07, 6.45) is 0. The highest BCUT2D eigenvalue weighted by atomic mass is 16.4. The smallest absolute Gasteiger partial charge is 0.394 e. The lowest BCUT2D eigenvalue weighted by atomic mass is 10.1. The van der Waals surface area contributed by atoms with Crippen LogP contribution in [0.2, 0.25) is 0 Å². The second-order valence-electron chi connectivity index (χ2n) is 3.40. The van der Waals surface area contributed by atoms with Gasteiger partial charge < -0.3 is 20.8 Å². The average molecular weight is 266 g/mol. The van der Waals surface area contributed by atoms with Gasteiger partial charge in [0, 0.05) is 12.2 Å². The Bertz CT molecular complexity index is 540. The van der Waals surface area contributed by atoms with Crippen molar-refractivity contribution in [2.24, 2.45) is 0 Å². The molecule has 2 amide bonds. The summed E-state index contributed by atoms with van der Waals surface area (Å²) in [4.78, 5) is 42.6. The maximum Gasteiger partial charge on any atom is 0.394 e. The molecule has 0 atom stereocenters. The van der Waals surface area contributed by atoms with Crippen LogP contribution in [0.3, 0.4) is 0 Å². The molecule has 8 heteroatoms. The molecule has 0 aliphatic rings. The number of hydrogen-bond donors (Lipinski definition) is 4. The van der Waals surface area contributed by atoms with Crippen LogP contribution in [0, 0.1) is 0 Å². The van der Waals surface area contributed by atoms with Gasteiger partial charge in [0.2, 0.25) is 0 Å². The third kappa shape index (κ3) is 4.11. The van der Waals surface area contributed by atoms with E-state index in [0.717, 1.165) is 0 Å². The van der Waals surface area contributed by atoms with Gasteiger partial charge in [-0.3, -0.25) is 9.59 Å². The maximum absolute atomic E-state index is 11.0. The van der Waals surface area contributed by atoms with E-state index in [4.69, 9.17) is 10.2 Å². The molecule has 0 aliphatic heterocycles. The lowest BCUT2D eigenvalue weighted by Gasteiger charge is -2.09. The molecule has 0 aromatic heterocycles. The van der Waals surface area contributed by atoms with Gasteiger partial charge >= 0.3 is 23.8 Å². The van der Waals surface area contributed by atoms with Crippen LogP contribution in [0.1, 0.15) is 5.56 Å². The fourth-order valence-electron chi connectivity index (χ4n) is 1.22. The van der Waals surface area contributed by atoms with E-state index in [9.17, 15) is 19.2 Å². The minimum Gasteiger partial charge on any atom is -0.474 e. The molecule has 1 aromatic rings. The number of anilines is 1. The van der Waals surface area contributed by atoms with E-state index in [1.54, 1.807) is 12.1 Å². The number of amides is 2. The Morgan fingerprint density at radius 2 is 1.53 bits per heavy atom. The molecule has 0 bridgehead atoms. The SMILES string of the molecule is O=C(O)C(=O)NCc1ccccc1NC(=O)C(=O)O. The van der Waals surface area contributed by atoms with E-state index in [0.29, 0.717) is 5.56 Å². The summed E-state index contributed by atoms with van der Waals surface area (Å²) in [6, 6.07) is 6.10. The second-order valence-corrected chi connectivity index (χ2v) is 3.40. The van der Waals surface area contributed by atoms with Crippen LogP contribution in [0.5, 0.6) is 0 Å². The van der Waals surface area contributed by atoms with Gasteiger partial charge in [0.05, 0.1) is 0 Å². The highest BCUT2D eigenvalue weighted by molar-refractivity contribution is 6.36. The molecule has 0 unspecified atom stereocenters. The average Bonchev–Trinajstić information content (AvgIpc) is 2.36. The standard InChI is InChI=1S/C11H10N2O6/c14-8(10(16)17)12-5-6-3-1-2-4-7(6)13-9(15)11(18)19/h1-4H,5H2,(H,12,14)(H,13,15)(H,16,17)(H,18,19). The summed E-state index contributed by atoms with van der Waals surface area (Å²) >= 11 is 0. The number of rotatable bonds is 3. The number of para-hydroxylation sites is 1. The normalized spacial score (nSPS) is 9.47. The van der Waals surface area contributed by atoms with E-state index in [1.807, 2.05) is 0 Å². The summed E-state index contributed by atoms with van der Waals surface area (Å²) in [7, 11) is 0. The number of nitrogens with one attached hydrogen (secondary N) is 2. The van der Waals surface area contributed by atoms with Crippen molar-refractivity contribution in [2.75, 3.05) is 5.32 Å². The van der Waals surface area contributed by atoms with E-state index in [-0.39, 0.29) is 12.2 Å². The predicted octanol–water partition coefficient (Wildman–Crippen LogP) is -0.590. The monoisotopic (exact) mass is 266 g/mol. The molecule has 19 heavy (non-hydrogen) atoms. The molecule has 0 aliphatic carbocycles. The number of carboxylic acid groups (broad SMARTS) is 2. The molecule has 1 aromatic carbocycles. The molecule has 0 spiro atoms. The number of hydrogen-bond acceptors (Lipinski definition) is 4. The van der Waals surface area contributed by atoms with Gasteiger partial charge in [-0.15, -0.1) is 0 Å². The number of carbonyl (C=O) groups excluding carboxylic acids is 2. The van der Waals surface area contributed by atoms with Gasteiger partial charge in [0.15, 0.2) is 0 Å². The minimum atomic E-state index is -1.65. The Morgan fingerprint density at radius 1 is 0.947 bits per heavy atom. The summed E-state index contributed by atoms with van der Waals surface area (Å²) in [5, 5.41) is 21.1. The van der Waals surface area contributed by atoms with Gasteiger partial charge in [-0.2, -0.15) is 0 Å². The van der Waals surface area contributed by atoms with Crippen LogP contribution in [-0.2, 0) is 25.7 Å². The fraction of sp³-hybridized carbons (Fsp3) is 0.0909. The van der Waals surface area contributed by atoms with Crippen LogP contribution >= 0.6 is 0 Å². The molecule has 0 saturated carbocycles. The van der Waals surface area contributed by atoms with Crippen LogP contribution in [-0.4, -0.2) is 34.0 Å². The zero-order valence-electron chi connectivity index (χ0n) is 9.54. The van der Waals surface area contributed by atoms with Crippen LogP contribution < -0.4 is 10.6 Å². The molecule has 0 radical (unpaired) electrons. The van der Waals surface area contributed by atoms with Crippen LogP contribution in [0.4, 0.5) is 5.69 Å². The molecular weight excluding hydrogens is 256 g/mol. The zero-order valence-corrected chi connectivity index (χ0v) is 9.54. The zero-order chi connectivity index (χ0) is 14.4. The third-order valence-electron chi connectivity index (χ3n) is 2.09. The Hall–Kier alpha value is -2.90. The van der Waals surface area contributed by atoms with Crippen molar-refractivity contribution >= 4 is 29.4 Å². The molecule has 100 valence electrons. The van der Waals surface area contributed by atoms with E-state index in [1.165, 1.54) is 12.1 Å². The molecule has 0 heterocycles. The molecule has 4 N–H and O–H groups in total. The predicted molar refractivity (Wildman–Crippen MR) is 62.2 cm³/mol. The topological polar surface area (TPSA) is 133 Å². The summed E-state index contributed by atoms with van der Waals surface area (Å²) in [5.74, 6) is -5.70. The second kappa shape index (κ2) is 6.15. The first kappa shape index (κ1) is 14.2. The molecular formula is C11H10N2O6. The first-order chi connectivity index (χ1) is 8.91. The lowest BCUT2D eigenvalue weighted by Crippen LogP contribution is -2.30. The Balaban J connectivity index is 2.78. The first-order valence-electron chi connectivity index (χ1n) is 5.05. The van der Waals surface area contributed by atoms with Crippen molar-refractivity contribution in [2.45, 2.75) is 6.54 Å². The molecule has 0 fully saturated rings.